The molecule has 42 heavy (non-hydrogen) atoms. The number of rotatable bonds is 9. The Morgan fingerprint density at radius 3 is 2.31 bits per heavy atom. The van der Waals surface area contributed by atoms with E-state index in [-0.39, 0.29) is 30.6 Å². The van der Waals surface area contributed by atoms with E-state index in [1.54, 1.807) is 35.2 Å². The molecule has 0 radical (unpaired) electrons. The zero-order valence-electron chi connectivity index (χ0n) is 23.2. The molecule has 214 valence electrons. The van der Waals surface area contributed by atoms with Gasteiger partial charge in [-0.2, -0.15) is 0 Å². The van der Waals surface area contributed by atoms with Gasteiger partial charge in [-0.1, -0.05) is 97.5 Å². The number of carbonyl (C=O) groups excluding carboxylic acids is 1. The predicted molar refractivity (Wildman–Crippen MR) is 167 cm³/mol. The average Bonchev–Trinajstić information content (AvgIpc) is 3.47. The second-order valence-corrected chi connectivity index (χ2v) is 12.7. The van der Waals surface area contributed by atoms with E-state index < -0.39 is 6.29 Å². The Morgan fingerprint density at radius 2 is 1.57 bits per heavy atom. The SMILES string of the molecule is C[C@H]1[C@@H](CSc2nc3ccccc3s2)O[C@@H](c2ccc(CNC(=O)c3ccccc3)cc2)O[C@H]1c1ccc(CO)cc1. The lowest BCUT2D eigenvalue weighted by Gasteiger charge is -2.41. The van der Waals surface area contributed by atoms with Gasteiger partial charge < -0.3 is 19.9 Å². The van der Waals surface area contributed by atoms with Gasteiger partial charge in [-0.3, -0.25) is 4.79 Å². The van der Waals surface area contributed by atoms with Crippen LogP contribution >= 0.6 is 23.1 Å². The Morgan fingerprint density at radius 1 is 0.881 bits per heavy atom. The Bertz CT molecular complexity index is 1590. The fourth-order valence-corrected chi connectivity index (χ4v) is 7.30. The molecule has 5 aromatic rings. The van der Waals surface area contributed by atoms with Crippen molar-refractivity contribution in [1.82, 2.24) is 10.3 Å². The zero-order valence-corrected chi connectivity index (χ0v) is 24.8. The number of benzene rings is 4. The van der Waals surface area contributed by atoms with Crippen molar-refractivity contribution in [2.24, 2.45) is 5.92 Å². The number of nitrogens with one attached hydrogen (secondary N) is 1. The summed E-state index contributed by atoms with van der Waals surface area (Å²) in [4.78, 5) is 17.2. The molecule has 0 spiro atoms. The van der Waals surface area contributed by atoms with Gasteiger partial charge in [-0.05, 0) is 41.0 Å². The highest BCUT2D eigenvalue weighted by atomic mass is 32.2. The van der Waals surface area contributed by atoms with Gasteiger partial charge in [0.05, 0.1) is 29.0 Å². The molecule has 1 saturated heterocycles. The number of fused-ring (bicyclic) bond motifs is 1. The molecule has 1 amide bonds. The van der Waals surface area contributed by atoms with Crippen molar-refractivity contribution >= 4 is 39.2 Å². The third-order valence-corrected chi connectivity index (χ3v) is 9.78. The first kappa shape index (κ1) is 28.6. The van der Waals surface area contributed by atoms with E-state index >= 15 is 0 Å². The number of aliphatic hydroxyl groups excluding tert-OH is 1. The summed E-state index contributed by atoms with van der Waals surface area (Å²) in [6.07, 6.45) is -0.798. The maximum absolute atomic E-state index is 12.5. The lowest BCUT2D eigenvalue weighted by molar-refractivity contribution is -0.268. The smallest absolute Gasteiger partial charge is 0.251 e. The first-order chi connectivity index (χ1) is 20.6. The number of thioether (sulfide) groups is 1. The number of aromatic nitrogens is 1. The van der Waals surface area contributed by atoms with Crippen LogP contribution in [0.25, 0.3) is 10.2 Å². The van der Waals surface area contributed by atoms with Crippen LogP contribution in [0.5, 0.6) is 0 Å². The number of thiazole rings is 1. The number of para-hydroxylation sites is 1. The van der Waals surface area contributed by atoms with Crippen LogP contribution in [-0.4, -0.2) is 27.9 Å². The molecule has 0 unspecified atom stereocenters. The molecule has 6 rings (SSSR count). The van der Waals surface area contributed by atoms with Crippen molar-refractivity contribution in [3.8, 4) is 0 Å². The van der Waals surface area contributed by atoms with Crippen LogP contribution in [0.1, 0.15) is 51.9 Å². The third kappa shape index (κ3) is 6.59. The molecular formula is C34H32N2O4S2. The molecule has 8 heteroatoms. The first-order valence-corrected chi connectivity index (χ1v) is 15.8. The van der Waals surface area contributed by atoms with Gasteiger partial charge in [0.2, 0.25) is 0 Å². The summed E-state index contributed by atoms with van der Waals surface area (Å²) in [6.45, 7) is 2.61. The highest BCUT2D eigenvalue weighted by Gasteiger charge is 2.38. The molecule has 0 aliphatic carbocycles. The van der Waals surface area contributed by atoms with Crippen LogP contribution in [0, 0.1) is 5.92 Å². The molecule has 2 heterocycles. The minimum Gasteiger partial charge on any atom is -0.392 e. The van der Waals surface area contributed by atoms with Crippen LogP contribution in [0.4, 0.5) is 0 Å². The second-order valence-electron chi connectivity index (χ2n) is 10.4. The Kier molecular flexibility index (Phi) is 8.98. The maximum Gasteiger partial charge on any atom is 0.251 e. The van der Waals surface area contributed by atoms with Gasteiger partial charge in [0.1, 0.15) is 0 Å². The predicted octanol–water partition coefficient (Wildman–Crippen LogP) is 7.30. The number of hydrogen-bond donors (Lipinski definition) is 2. The Labute approximate surface area is 253 Å². The second kappa shape index (κ2) is 13.2. The molecule has 1 aromatic heterocycles. The summed E-state index contributed by atoms with van der Waals surface area (Å²) in [6, 6.07) is 33.4. The summed E-state index contributed by atoms with van der Waals surface area (Å²) in [5.74, 6) is 0.738. The van der Waals surface area contributed by atoms with Crippen LogP contribution in [0.15, 0.2) is 107 Å². The summed E-state index contributed by atoms with van der Waals surface area (Å²) in [7, 11) is 0. The molecule has 0 saturated carbocycles. The maximum atomic E-state index is 12.5. The standard InChI is InChI=1S/C34H32N2O4S2/c1-22-29(21-41-34-36-28-9-5-6-10-30(28)42-34)39-33(40-31(22)25-15-13-24(20-37)14-16-25)27-17-11-23(12-18-27)19-35-32(38)26-7-3-2-4-8-26/h2-18,22,29,31,33,37H,19-21H2,1H3,(H,35,38)/t22-,29+,31+,33+/m0/s1. The van der Waals surface area contributed by atoms with Crippen molar-refractivity contribution in [1.29, 1.82) is 0 Å². The van der Waals surface area contributed by atoms with E-state index in [1.165, 1.54) is 4.70 Å². The summed E-state index contributed by atoms with van der Waals surface area (Å²) in [5, 5.41) is 12.5. The van der Waals surface area contributed by atoms with Gasteiger partial charge in [-0.15, -0.1) is 11.3 Å². The largest absolute Gasteiger partial charge is 0.392 e. The average molecular weight is 597 g/mol. The van der Waals surface area contributed by atoms with Gasteiger partial charge in [0.15, 0.2) is 10.6 Å². The van der Waals surface area contributed by atoms with E-state index in [1.807, 2.05) is 84.9 Å². The highest BCUT2D eigenvalue weighted by molar-refractivity contribution is 8.01. The fraction of sp³-hybridized carbons (Fsp3) is 0.235. The topological polar surface area (TPSA) is 80.7 Å². The van der Waals surface area contributed by atoms with Crippen molar-refractivity contribution in [2.75, 3.05) is 5.75 Å². The lowest BCUT2D eigenvalue weighted by atomic mass is 9.91. The molecule has 0 bridgehead atoms. The van der Waals surface area contributed by atoms with Crippen LogP contribution in [0.2, 0.25) is 0 Å². The quantitative estimate of drug-likeness (QED) is 0.174. The van der Waals surface area contributed by atoms with Crippen LogP contribution in [-0.2, 0) is 22.6 Å². The lowest BCUT2D eigenvalue weighted by Crippen LogP contribution is -2.38. The van der Waals surface area contributed by atoms with Crippen LogP contribution < -0.4 is 5.32 Å². The van der Waals surface area contributed by atoms with E-state index in [0.717, 1.165) is 37.9 Å². The van der Waals surface area contributed by atoms with Crippen LogP contribution in [0.3, 0.4) is 0 Å². The van der Waals surface area contributed by atoms with Gasteiger partial charge >= 0.3 is 0 Å². The van der Waals surface area contributed by atoms with Crippen molar-refractivity contribution in [2.45, 2.75) is 42.9 Å². The first-order valence-electron chi connectivity index (χ1n) is 14.0. The minimum atomic E-state index is -0.544. The number of ether oxygens (including phenoxy) is 2. The minimum absolute atomic E-state index is 0.00662. The molecule has 1 aliphatic heterocycles. The highest BCUT2D eigenvalue weighted by Crippen LogP contribution is 2.43. The van der Waals surface area contributed by atoms with Gasteiger partial charge in [0, 0.05) is 29.3 Å². The Hall–Kier alpha value is -3.53. The summed E-state index contributed by atoms with van der Waals surface area (Å²) < 4.78 is 15.4. The Balaban J connectivity index is 1.18. The molecule has 4 aromatic carbocycles. The monoisotopic (exact) mass is 596 g/mol. The normalized spacial score (nSPS) is 20.4. The van der Waals surface area contributed by atoms with Gasteiger partial charge in [-0.25, -0.2) is 4.98 Å². The third-order valence-electron chi connectivity index (χ3n) is 7.51. The molecule has 1 aliphatic rings. The zero-order chi connectivity index (χ0) is 28.9. The van der Waals surface area contributed by atoms with E-state index in [9.17, 15) is 9.90 Å². The number of aliphatic hydroxyl groups is 1. The van der Waals surface area contributed by atoms with E-state index in [0.29, 0.717) is 12.1 Å². The fourth-order valence-electron chi connectivity index (χ4n) is 5.04. The number of hydrogen-bond acceptors (Lipinski definition) is 7. The molecular weight excluding hydrogens is 565 g/mol. The van der Waals surface area contributed by atoms with E-state index in [2.05, 4.69) is 18.3 Å². The number of nitrogens with zero attached hydrogens (tertiary/aromatic N) is 1. The molecule has 6 nitrogen and oxygen atoms in total. The number of amides is 1. The summed E-state index contributed by atoms with van der Waals surface area (Å²) in [5.41, 5.74) is 5.50. The van der Waals surface area contributed by atoms with Crippen molar-refractivity contribution in [3.05, 3.63) is 131 Å². The summed E-state index contributed by atoms with van der Waals surface area (Å²) >= 11 is 3.42. The van der Waals surface area contributed by atoms with Gasteiger partial charge in [0.25, 0.3) is 5.91 Å². The van der Waals surface area contributed by atoms with E-state index in [4.69, 9.17) is 14.5 Å². The molecule has 4 atom stereocenters. The number of carbonyl (C=O) groups is 1. The van der Waals surface area contributed by atoms with Crippen molar-refractivity contribution < 1.29 is 19.4 Å². The molecule has 1 fully saturated rings. The van der Waals surface area contributed by atoms with Crippen molar-refractivity contribution in [3.63, 3.8) is 0 Å². The molecule has 2 N–H and O–H groups in total.